The van der Waals surface area contributed by atoms with Crippen molar-refractivity contribution >= 4 is 5.91 Å². The van der Waals surface area contributed by atoms with E-state index in [0.717, 1.165) is 12.8 Å². The first-order chi connectivity index (χ1) is 8.17. The van der Waals surface area contributed by atoms with Crippen molar-refractivity contribution in [1.82, 2.24) is 5.32 Å². The van der Waals surface area contributed by atoms with Crippen LogP contribution in [-0.4, -0.2) is 39.0 Å². The molecule has 2 bridgehead atoms. The third-order valence-corrected chi connectivity index (χ3v) is 4.25. The van der Waals surface area contributed by atoms with Gasteiger partial charge in [0.15, 0.2) is 6.29 Å². The largest absolute Gasteiger partial charge is 0.354 e. The summed E-state index contributed by atoms with van der Waals surface area (Å²) in [6.07, 6.45) is 3.08. The van der Waals surface area contributed by atoms with Crippen molar-refractivity contribution in [3.63, 3.8) is 0 Å². The topological polar surface area (TPSA) is 73.6 Å². The van der Waals surface area contributed by atoms with Crippen LogP contribution in [0.15, 0.2) is 0 Å². The molecule has 0 aromatic rings. The quantitative estimate of drug-likeness (QED) is 0.670. The molecule has 0 radical (unpaired) electrons. The SMILES string of the molecule is COC(CNC(=O)C1C2CCC(C2)C1N)OC. The summed E-state index contributed by atoms with van der Waals surface area (Å²) in [5.74, 6) is 1.09. The van der Waals surface area contributed by atoms with Crippen LogP contribution in [0.2, 0.25) is 0 Å². The number of nitrogens with two attached hydrogens (primary N) is 1. The number of hydrogen-bond donors (Lipinski definition) is 2. The summed E-state index contributed by atoms with van der Waals surface area (Å²) in [5.41, 5.74) is 6.11. The fourth-order valence-corrected chi connectivity index (χ4v) is 3.29. The lowest BCUT2D eigenvalue weighted by Gasteiger charge is -2.27. The normalized spacial score (nSPS) is 35.5. The van der Waals surface area contributed by atoms with Gasteiger partial charge in [-0.2, -0.15) is 0 Å². The number of nitrogens with one attached hydrogen (secondary N) is 1. The van der Waals surface area contributed by atoms with Gasteiger partial charge >= 0.3 is 0 Å². The van der Waals surface area contributed by atoms with Gasteiger partial charge in [-0.15, -0.1) is 0 Å². The van der Waals surface area contributed by atoms with E-state index in [-0.39, 0.29) is 24.2 Å². The zero-order valence-corrected chi connectivity index (χ0v) is 10.5. The van der Waals surface area contributed by atoms with Crippen molar-refractivity contribution in [3.05, 3.63) is 0 Å². The molecule has 5 nitrogen and oxygen atoms in total. The Morgan fingerprint density at radius 3 is 2.53 bits per heavy atom. The molecule has 4 atom stereocenters. The average molecular weight is 242 g/mol. The molecular weight excluding hydrogens is 220 g/mol. The number of hydrogen-bond acceptors (Lipinski definition) is 4. The van der Waals surface area contributed by atoms with E-state index in [4.69, 9.17) is 15.2 Å². The molecule has 0 aromatic carbocycles. The maximum atomic E-state index is 12.1. The first kappa shape index (κ1) is 12.8. The summed E-state index contributed by atoms with van der Waals surface area (Å²) in [4.78, 5) is 12.1. The Kier molecular flexibility index (Phi) is 4.01. The lowest BCUT2D eigenvalue weighted by atomic mass is 9.84. The highest BCUT2D eigenvalue weighted by Gasteiger charge is 2.48. The van der Waals surface area contributed by atoms with Gasteiger partial charge < -0.3 is 20.5 Å². The van der Waals surface area contributed by atoms with Crippen LogP contribution in [0.5, 0.6) is 0 Å². The molecule has 2 fully saturated rings. The van der Waals surface area contributed by atoms with Crippen molar-refractivity contribution in [1.29, 1.82) is 0 Å². The van der Waals surface area contributed by atoms with Gasteiger partial charge in [0.05, 0.1) is 12.5 Å². The Balaban J connectivity index is 1.84. The van der Waals surface area contributed by atoms with Gasteiger partial charge in [0, 0.05) is 20.3 Å². The first-order valence-electron chi connectivity index (χ1n) is 6.26. The molecule has 98 valence electrons. The molecule has 2 saturated carbocycles. The second kappa shape index (κ2) is 5.33. The summed E-state index contributed by atoms with van der Waals surface area (Å²) < 4.78 is 10.1. The van der Waals surface area contributed by atoms with E-state index in [1.807, 2.05) is 0 Å². The third kappa shape index (κ3) is 2.46. The number of rotatable bonds is 5. The minimum Gasteiger partial charge on any atom is -0.354 e. The Hall–Kier alpha value is -0.650. The molecule has 0 spiro atoms. The van der Waals surface area contributed by atoms with Gasteiger partial charge in [0.1, 0.15) is 0 Å². The summed E-state index contributed by atoms with van der Waals surface area (Å²) >= 11 is 0. The van der Waals surface area contributed by atoms with Crippen LogP contribution >= 0.6 is 0 Å². The summed E-state index contributed by atoms with van der Waals surface area (Å²) in [5, 5.41) is 2.87. The standard InChI is InChI=1S/C12H22N2O3/c1-16-9(17-2)6-14-12(15)10-7-3-4-8(5-7)11(10)13/h7-11H,3-6,13H2,1-2H3,(H,14,15). The molecule has 0 aromatic heterocycles. The molecule has 17 heavy (non-hydrogen) atoms. The Morgan fingerprint density at radius 2 is 2.00 bits per heavy atom. The molecule has 4 unspecified atom stereocenters. The minimum absolute atomic E-state index is 0.0110. The van der Waals surface area contributed by atoms with Crippen LogP contribution in [0.1, 0.15) is 19.3 Å². The molecule has 2 aliphatic rings. The monoisotopic (exact) mass is 242 g/mol. The van der Waals surface area contributed by atoms with Gasteiger partial charge in [0.25, 0.3) is 0 Å². The van der Waals surface area contributed by atoms with Crippen molar-refractivity contribution < 1.29 is 14.3 Å². The second-order valence-corrected chi connectivity index (χ2v) is 5.08. The first-order valence-corrected chi connectivity index (χ1v) is 6.26. The highest BCUT2D eigenvalue weighted by molar-refractivity contribution is 5.80. The van der Waals surface area contributed by atoms with Crippen LogP contribution in [0.3, 0.4) is 0 Å². The molecule has 2 aliphatic carbocycles. The molecule has 0 aliphatic heterocycles. The van der Waals surface area contributed by atoms with E-state index in [0.29, 0.717) is 18.4 Å². The smallest absolute Gasteiger partial charge is 0.225 e. The van der Waals surface area contributed by atoms with Crippen molar-refractivity contribution in [2.24, 2.45) is 23.5 Å². The van der Waals surface area contributed by atoms with Gasteiger partial charge in [-0.05, 0) is 31.1 Å². The van der Waals surface area contributed by atoms with E-state index >= 15 is 0 Å². The van der Waals surface area contributed by atoms with Crippen molar-refractivity contribution in [2.45, 2.75) is 31.6 Å². The van der Waals surface area contributed by atoms with Crippen LogP contribution < -0.4 is 11.1 Å². The number of ether oxygens (including phenoxy) is 2. The Morgan fingerprint density at radius 1 is 1.35 bits per heavy atom. The minimum atomic E-state index is -0.381. The fourth-order valence-electron chi connectivity index (χ4n) is 3.29. The number of carbonyl (C=O) groups is 1. The molecule has 0 heterocycles. The molecule has 1 amide bonds. The highest BCUT2D eigenvalue weighted by atomic mass is 16.7. The van der Waals surface area contributed by atoms with Gasteiger partial charge in [-0.3, -0.25) is 4.79 Å². The van der Waals surface area contributed by atoms with Crippen LogP contribution in [0.25, 0.3) is 0 Å². The number of fused-ring (bicyclic) bond motifs is 2. The van der Waals surface area contributed by atoms with Crippen LogP contribution in [-0.2, 0) is 14.3 Å². The summed E-state index contributed by atoms with van der Waals surface area (Å²) in [6.45, 7) is 0.381. The van der Waals surface area contributed by atoms with E-state index in [1.165, 1.54) is 6.42 Å². The van der Waals surface area contributed by atoms with Crippen molar-refractivity contribution in [3.8, 4) is 0 Å². The molecule has 2 rings (SSSR count). The zero-order valence-electron chi connectivity index (χ0n) is 10.5. The summed E-state index contributed by atoms with van der Waals surface area (Å²) in [6, 6.07) is 0.0392. The van der Waals surface area contributed by atoms with Crippen molar-refractivity contribution in [2.75, 3.05) is 20.8 Å². The van der Waals surface area contributed by atoms with E-state index in [9.17, 15) is 4.79 Å². The number of carbonyl (C=O) groups excluding carboxylic acids is 1. The molecule has 0 saturated heterocycles. The van der Waals surface area contributed by atoms with Gasteiger partial charge in [-0.1, -0.05) is 0 Å². The second-order valence-electron chi connectivity index (χ2n) is 5.08. The average Bonchev–Trinajstić information content (AvgIpc) is 2.90. The van der Waals surface area contributed by atoms with E-state index in [2.05, 4.69) is 5.32 Å². The summed E-state index contributed by atoms with van der Waals surface area (Å²) in [7, 11) is 3.12. The van der Waals surface area contributed by atoms with Crippen LogP contribution in [0, 0.1) is 17.8 Å². The Bertz CT molecular complexity index is 279. The number of methoxy groups -OCH3 is 2. The lowest BCUT2D eigenvalue weighted by Crippen LogP contribution is -2.47. The fraction of sp³-hybridized carbons (Fsp3) is 0.917. The molecule has 3 N–H and O–H groups in total. The van der Waals surface area contributed by atoms with Crippen LogP contribution in [0.4, 0.5) is 0 Å². The predicted octanol–water partition coefficient (Wildman–Crippen LogP) is 0.0949. The predicted molar refractivity (Wildman–Crippen MR) is 63.1 cm³/mol. The zero-order chi connectivity index (χ0) is 12.4. The maximum absolute atomic E-state index is 12.1. The third-order valence-electron chi connectivity index (χ3n) is 4.25. The number of amides is 1. The van der Waals surface area contributed by atoms with E-state index < -0.39 is 0 Å². The van der Waals surface area contributed by atoms with Gasteiger partial charge in [0.2, 0.25) is 5.91 Å². The molecule has 5 heteroatoms. The Labute approximate surface area is 102 Å². The lowest BCUT2D eigenvalue weighted by molar-refractivity contribution is -0.132. The molecular formula is C12H22N2O3. The van der Waals surface area contributed by atoms with E-state index in [1.54, 1.807) is 14.2 Å². The van der Waals surface area contributed by atoms with Gasteiger partial charge in [-0.25, -0.2) is 0 Å². The maximum Gasteiger partial charge on any atom is 0.225 e. The highest BCUT2D eigenvalue weighted by Crippen LogP contribution is 2.47.